The van der Waals surface area contributed by atoms with Crippen molar-refractivity contribution in [3.8, 4) is 0 Å². The monoisotopic (exact) mass is 464 g/mol. The van der Waals surface area contributed by atoms with Crippen LogP contribution < -0.4 is 26.0 Å². The van der Waals surface area contributed by atoms with Crippen molar-refractivity contribution in [2.45, 2.75) is 28.9 Å². The third-order valence-corrected chi connectivity index (χ3v) is 7.94. The second kappa shape index (κ2) is 9.44. The van der Waals surface area contributed by atoms with Crippen LogP contribution in [0.4, 0.5) is 0 Å². The SMILES string of the molecule is C=C1NC(C2=CC=CC(c3cccn3C)N2)SNC(C2C=CC=C(C3C=CC=CN3)N2)S1. The van der Waals surface area contributed by atoms with Gasteiger partial charge in [-0.25, -0.2) is 4.72 Å². The highest BCUT2D eigenvalue weighted by molar-refractivity contribution is 8.05. The van der Waals surface area contributed by atoms with Gasteiger partial charge in [0, 0.05) is 30.3 Å². The Kier molecular flexibility index (Phi) is 6.25. The summed E-state index contributed by atoms with van der Waals surface area (Å²) in [5.41, 5.74) is 3.53. The van der Waals surface area contributed by atoms with Crippen molar-refractivity contribution in [2.75, 3.05) is 0 Å². The number of nitrogens with zero attached hydrogens (tertiary/aromatic N) is 1. The minimum absolute atomic E-state index is 0.0448. The zero-order valence-electron chi connectivity index (χ0n) is 17.9. The molecule has 5 N–H and O–H groups in total. The number of rotatable bonds is 4. The molecule has 1 aromatic heterocycles. The van der Waals surface area contributed by atoms with E-state index in [1.165, 1.54) is 5.69 Å². The van der Waals surface area contributed by atoms with Crippen molar-refractivity contribution in [2.24, 2.45) is 7.05 Å². The largest absolute Gasteiger partial charge is 0.379 e. The van der Waals surface area contributed by atoms with E-state index in [4.69, 9.17) is 0 Å². The standard InChI is InChI=1S/C24H28N6S2/c1-16-26-23(20-11-6-10-19(28-20)22-13-7-15-30(22)2)32-29-24(31-16)21-12-5-9-18(27-21)17-8-3-4-14-25-17/h3-15,17,19,21,23-29H,1H2,2H3. The Hall–Kier alpha value is -2.68. The molecule has 5 rings (SSSR count). The van der Waals surface area contributed by atoms with E-state index in [9.17, 15) is 0 Å². The van der Waals surface area contributed by atoms with Gasteiger partial charge in [0.1, 0.15) is 5.37 Å². The molecule has 0 bridgehead atoms. The lowest BCUT2D eigenvalue weighted by molar-refractivity contribution is 0.579. The van der Waals surface area contributed by atoms with Gasteiger partial charge in [0.2, 0.25) is 0 Å². The molecule has 0 spiro atoms. The van der Waals surface area contributed by atoms with Crippen molar-refractivity contribution in [1.29, 1.82) is 0 Å². The number of nitrogens with one attached hydrogen (secondary N) is 5. The molecule has 4 aliphatic heterocycles. The summed E-state index contributed by atoms with van der Waals surface area (Å²) in [6.07, 6.45) is 23.2. The van der Waals surface area contributed by atoms with Crippen LogP contribution in [0.2, 0.25) is 0 Å². The number of aromatic nitrogens is 1. The molecule has 5 heterocycles. The van der Waals surface area contributed by atoms with Gasteiger partial charge in [-0.1, -0.05) is 54.8 Å². The summed E-state index contributed by atoms with van der Waals surface area (Å²) in [6.45, 7) is 4.28. The first kappa shape index (κ1) is 21.2. The number of hydrogen-bond acceptors (Lipinski definition) is 7. The van der Waals surface area contributed by atoms with Crippen LogP contribution in [-0.2, 0) is 7.05 Å². The van der Waals surface area contributed by atoms with E-state index in [1.807, 2.05) is 12.3 Å². The Bertz CT molecular complexity index is 1050. The minimum Gasteiger partial charge on any atom is -0.379 e. The number of allylic oxidation sites excluding steroid dienone is 6. The summed E-state index contributed by atoms with van der Waals surface area (Å²) in [6, 6.07) is 4.70. The van der Waals surface area contributed by atoms with Crippen LogP contribution in [0, 0.1) is 0 Å². The Morgan fingerprint density at radius 2 is 1.78 bits per heavy atom. The van der Waals surface area contributed by atoms with Gasteiger partial charge in [-0.3, -0.25) is 0 Å². The number of dihydropyridines is 3. The van der Waals surface area contributed by atoms with Gasteiger partial charge in [0.05, 0.1) is 28.5 Å². The van der Waals surface area contributed by atoms with E-state index in [1.54, 1.807) is 23.7 Å². The van der Waals surface area contributed by atoms with E-state index < -0.39 is 0 Å². The van der Waals surface area contributed by atoms with Crippen molar-refractivity contribution in [3.05, 3.63) is 108 Å². The van der Waals surface area contributed by atoms with Gasteiger partial charge in [-0.15, -0.1) is 0 Å². The fourth-order valence-corrected chi connectivity index (χ4v) is 6.19. The maximum absolute atomic E-state index is 4.28. The summed E-state index contributed by atoms with van der Waals surface area (Å²) in [5, 5.41) is 15.5. The maximum atomic E-state index is 4.28. The first-order chi connectivity index (χ1) is 15.7. The van der Waals surface area contributed by atoms with Gasteiger partial charge in [0.15, 0.2) is 0 Å². The average Bonchev–Trinajstić information content (AvgIpc) is 3.17. The van der Waals surface area contributed by atoms with Crippen LogP contribution in [0.1, 0.15) is 11.7 Å². The van der Waals surface area contributed by atoms with Crippen LogP contribution >= 0.6 is 23.7 Å². The van der Waals surface area contributed by atoms with Crippen LogP contribution in [0.3, 0.4) is 0 Å². The summed E-state index contributed by atoms with van der Waals surface area (Å²) >= 11 is 3.41. The Labute approximate surface area is 197 Å². The fraction of sp³-hybridized carbons (Fsp3) is 0.250. The minimum atomic E-state index is 0.0448. The van der Waals surface area contributed by atoms with E-state index >= 15 is 0 Å². The molecule has 0 amide bonds. The predicted octanol–water partition coefficient (Wildman–Crippen LogP) is 3.26. The Morgan fingerprint density at radius 1 is 0.938 bits per heavy atom. The lowest BCUT2D eigenvalue weighted by atomic mass is 10.1. The summed E-state index contributed by atoms with van der Waals surface area (Å²) in [7, 11) is 2.08. The van der Waals surface area contributed by atoms with Crippen LogP contribution in [0.5, 0.6) is 0 Å². The molecular formula is C24H28N6S2. The van der Waals surface area contributed by atoms with E-state index in [-0.39, 0.29) is 28.9 Å². The molecule has 0 aliphatic carbocycles. The van der Waals surface area contributed by atoms with Gasteiger partial charge in [-0.2, -0.15) is 0 Å². The summed E-state index contributed by atoms with van der Waals surface area (Å²) < 4.78 is 5.82. The van der Waals surface area contributed by atoms with Gasteiger partial charge in [-0.05, 0) is 48.5 Å². The second-order valence-electron chi connectivity index (χ2n) is 7.96. The number of thioether (sulfide) groups is 1. The van der Waals surface area contributed by atoms with Crippen molar-refractivity contribution in [1.82, 2.24) is 30.6 Å². The highest BCUT2D eigenvalue weighted by atomic mass is 32.2. The Morgan fingerprint density at radius 3 is 2.59 bits per heavy atom. The lowest BCUT2D eigenvalue weighted by Gasteiger charge is -2.31. The summed E-state index contributed by atoms with van der Waals surface area (Å²) in [4.78, 5) is 0. The molecule has 166 valence electrons. The van der Waals surface area contributed by atoms with E-state index in [0.29, 0.717) is 0 Å². The third kappa shape index (κ3) is 4.57. The molecule has 4 aliphatic rings. The van der Waals surface area contributed by atoms with E-state index in [0.717, 1.165) is 16.4 Å². The first-order valence-corrected chi connectivity index (χ1v) is 12.5. The molecule has 1 aromatic rings. The molecule has 32 heavy (non-hydrogen) atoms. The van der Waals surface area contributed by atoms with Crippen molar-refractivity contribution < 1.29 is 0 Å². The molecule has 0 radical (unpaired) electrons. The second-order valence-corrected chi connectivity index (χ2v) is 10.1. The van der Waals surface area contributed by atoms with Gasteiger partial charge in [0.25, 0.3) is 0 Å². The molecular weight excluding hydrogens is 436 g/mol. The van der Waals surface area contributed by atoms with Crippen molar-refractivity contribution >= 4 is 23.7 Å². The first-order valence-electron chi connectivity index (χ1n) is 10.7. The number of aryl methyl sites for hydroxylation is 1. The van der Waals surface area contributed by atoms with Crippen LogP contribution in [-0.4, -0.2) is 27.4 Å². The van der Waals surface area contributed by atoms with Crippen LogP contribution in [0.15, 0.2) is 102 Å². The molecule has 8 heteroatoms. The quantitative estimate of drug-likeness (QED) is 0.439. The predicted molar refractivity (Wildman–Crippen MR) is 136 cm³/mol. The highest BCUT2D eigenvalue weighted by Gasteiger charge is 2.31. The van der Waals surface area contributed by atoms with E-state index in [2.05, 4.69) is 111 Å². The van der Waals surface area contributed by atoms with Gasteiger partial charge >= 0.3 is 0 Å². The average molecular weight is 465 g/mol. The molecule has 6 nitrogen and oxygen atoms in total. The normalized spacial score (nSPS) is 31.5. The highest BCUT2D eigenvalue weighted by Crippen LogP contribution is 2.32. The Balaban J connectivity index is 1.23. The van der Waals surface area contributed by atoms with Crippen LogP contribution in [0.25, 0.3) is 0 Å². The molecule has 0 saturated carbocycles. The topological polar surface area (TPSA) is 65.1 Å². The maximum Gasteiger partial charge on any atom is 0.127 e. The molecule has 1 fully saturated rings. The zero-order chi connectivity index (χ0) is 21.9. The summed E-state index contributed by atoms with van der Waals surface area (Å²) in [5.74, 6) is 0. The molecule has 1 saturated heterocycles. The smallest absolute Gasteiger partial charge is 0.127 e. The molecule has 0 aromatic carbocycles. The van der Waals surface area contributed by atoms with Crippen molar-refractivity contribution in [3.63, 3.8) is 0 Å². The third-order valence-electron chi connectivity index (χ3n) is 5.73. The zero-order valence-corrected chi connectivity index (χ0v) is 19.5. The lowest BCUT2D eigenvalue weighted by Crippen LogP contribution is -2.47. The molecule has 5 atom stereocenters. The molecule has 5 unspecified atom stereocenters. The van der Waals surface area contributed by atoms with Gasteiger partial charge < -0.3 is 25.8 Å². The fourth-order valence-electron chi connectivity index (χ4n) is 4.07. The number of hydrogen-bond donors (Lipinski definition) is 5.